The third-order valence-electron chi connectivity index (χ3n) is 6.00. The molecule has 32 heavy (non-hydrogen) atoms. The van der Waals surface area contributed by atoms with Crippen molar-refractivity contribution in [3.63, 3.8) is 0 Å². The molecule has 4 aromatic rings. The van der Waals surface area contributed by atoms with E-state index in [-0.39, 0.29) is 17.9 Å². The van der Waals surface area contributed by atoms with Crippen molar-refractivity contribution >= 4 is 16.8 Å². The number of rotatable bonds is 9. The molecule has 0 unspecified atom stereocenters. The lowest BCUT2D eigenvalue weighted by Gasteiger charge is -2.19. The molecule has 0 radical (unpaired) electrons. The van der Waals surface area contributed by atoms with Crippen LogP contribution < -0.4 is 15.4 Å². The molecule has 2 atom stereocenters. The number of amides is 1. The second-order valence-corrected chi connectivity index (χ2v) is 8.06. The van der Waals surface area contributed by atoms with Gasteiger partial charge in [0.15, 0.2) is 6.54 Å². The summed E-state index contributed by atoms with van der Waals surface area (Å²) in [5.41, 5.74) is 4.62. The molecule has 4 N–H and O–H groups in total. The van der Waals surface area contributed by atoms with Gasteiger partial charge in [0.1, 0.15) is 11.8 Å². The molecule has 1 aromatic heterocycles. The fourth-order valence-electron chi connectivity index (χ4n) is 4.09. The highest BCUT2D eigenvalue weighted by molar-refractivity contribution is 5.84. The highest BCUT2D eigenvalue weighted by Gasteiger charge is 2.20. The molecule has 0 aliphatic heterocycles. The fraction of sp³-hybridized carbons (Fsp3) is 0.222. The maximum Gasteiger partial charge on any atom is 0.275 e. The summed E-state index contributed by atoms with van der Waals surface area (Å²) in [7, 11) is 1.67. The minimum Gasteiger partial charge on any atom is -0.497 e. The first-order valence-electron chi connectivity index (χ1n) is 11.0. The van der Waals surface area contributed by atoms with E-state index in [1.165, 1.54) is 16.5 Å². The van der Waals surface area contributed by atoms with Crippen molar-refractivity contribution in [3.05, 3.63) is 102 Å². The van der Waals surface area contributed by atoms with Crippen molar-refractivity contribution in [2.75, 3.05) is 20.2 Å². The van der Waals surface area contributed by atoms with Crippen LogP contribution in [0.3, 0.4) is 0 Å². The zero-order valence-corrected chi connectivity index (χ0v) is 18.5. The molecule has 5 nitrogen and oxygen atoms in total. The Balaban J connectivity index is 1.47. The Labute approximate surface area is 188 Å². The smallest absolute Gasteiger partial charge is 0.275 e. The largest absolute Gasteiger partial charge is 0.497 e. The maximum atomic E-state index is 12.7. The van der Waals surface area contributed by atoms with E-state index in [2.05, 4.69) is 65.1 Å². The standard InChI is InChI=1S/C27H29N3O2/c1-19(20-8-4-3-5-9-20)28-18-27(31)30-16-24(21-12-14-22(32-2)15-13-21)25-17-29-26-11-7-6-10-23(25)26/h3-15,17,19,24,28-29H,16,18H2,1-2H3,(H,30,31)/p+1/t19-,24-/m1/s1. The first kappa shape index (κ1) is 21.7. The second kappa shape index (κ2) is 10.2. The van der Waals surface area contributed by atoms with Crippen LogP contribution in [0.1, 0.15) is 35.6 Å². The average Bonchev–Trinajstić information content (AvgIpc) is 3.27. The van der Waals surface area contributed by atoms with E-state index in [0.717, 1.165) is 16.8 Å². The fourth-order valence-corrected chi connectivity index (χ4v) is 4.09. The molecule has 164 valence electrons. The second-order valence-electron chi connectivity index (χ2n) is 8.06. The topological polar surface area (TPSA) is 70.7 Å². The predicted octanol–water partition coefficient (Wildman–Crippen LogP) is 3.75. The summed E-state index contributed by atoms with van der Waals surface area (Å²) in [4.78, 5) is 16.0. The summed E-state index contributed by atoms with van der Waals surface area (Å²) < 4.78 is 5.32. The number of carbonyl (C=O) groups excluding carboxylic acids is 1. The van der Waals surface area contributed by atoms with Crippen LogP contribution in [0.5, 0.6) is 5.75 Å². The average molecular weight is 429 g/mol. The van der Waals surface area contributed by atoms with Gasteiger partial charge in [0.25, 0.3) is 5.91 Å². The molecule has 1 amide bonds. The summed E-state index contributed by atoms with van der Waals surface area (Å²) in [6.07, 6.45) is 2.05. The number of ether oxygens (including phenoxy) is 1. The van der Waals surface area contributed by atoms with Crippen molar-refractivity contribution in [2.24, 2.45) is 0 Å². The molecule has 3 aromatic carbocycles. The van der Waals surface area contributed by atoms with Gasteiger partial charge in [-0.3, -0.25) is 4.79 Å². The molecule has 0 fully saturated rings. The van der Waals surface area contributed by atoms with E-state index in [4.69, 9.17) is 4.74 Å². The van der Waals surface area contributed by atoms with Gasteiger partial charge in [-0.2, -0.15) is 0 Å². The lowest BCUT2D eigenvalue weighted by molar-refractivity contribution is -0.682. The first-order chi connectivity index (χ1) is 15.7. The van der Waals surface area contributed by atoms with Gasteiger partial charge in [-0.1, -0.05) is 60.7 Å². The van der Waals surface area contributed by atoms with Gasteiger partial charge in [-0.15, -0.1) is 0 Å². The van der Waals surface area contributed by atoms with Gasteiger partial charge in [-0.05, 0) is 36.2 Å². The maximum absolute atomic E-state index is 12.7. The van der Waals surface area contributed by atoms with Gasteiger partial charge in [0.2, 0.25) is 0 Å². The minimum absolute atomic E-state index is 0.0335. The van der Waals surface area contributed by atoms with Crippen molar-refractivity contribution < 1.29 is 14.8 Å². The summed E-state index contributed by atoms with van der Waals surface area (Å²) >= 11 is 0. The van der Waals surface area contributed by atoms with E-state index in [1.54, 1.807) is 7.11 Å². The zero-order chi connectivity index (χ0) is 22.3. The minimum atomic E-state index is 0.0335. The number of nitrogens with two attached hydrogens (primary N) is 1. The van der Waals surface area contributed by atoms with E-state index in [0.29, 0.717) is 13.1 Å². The number of fused-ring (bicyclic) bond motifs is 1. The van der Waals surface area contributed by atoms with Gasteiger partial charge in [0, 0.05) is 35.1 Å². The van der Waals surface area contributed by atoms with Crippen LogP contribution in [0, 0.1) is 0 Å². The Hall–Kier alpha value is -3.57. The van der Waals surface area contributed by atoms with Crippen LogP contribution in [0.25, 0.3) is 10.9 Å². The highest BCUT2D eigenvalue weighted by atomic mass is 16.5. The molecule has 0 aliphatic rings. The van der Waals surface area contributed by atoms with Gasteiger partial charge < -0.3 is 20.4 Å². The summed E-state index contributed by atoms with van der Waals surface area (Å²) in [5.74, 6) is 0.888. The number of hydrogen-bond acceptors (Lipinski definition) is 2. The normalized spacial score (nSPS) is 12.9. The van der Waals surface area contributed by atoms with Crippen LogP contribution in [0.4, 0.5) is 0 Å². The molecular weight excluding hydrogens is 398 g/mol. The molecular formula is C27H30N3O2+. The SMILES string of the molecule is COc1ccc([C@@H](CNC(=O)C[NH2+][C@H](C)c2ccccc2)c2c[nH]c3ccccc23)cc1. The highest BCUT2D eigenvalue weighted by Crippen LogP contribution is 2.31. The first-order valence-corrected chi connectivity index (χ1v) is 11.0. The molecule has 0 saturated carbocycles. The molecule has 0 aliphatic carbocycles. The number of hydrogen-bond donors (Lipinski definition) is 3. The Morgan fingerprint density at radius 1 is 0.969 bits per heavy atom. The van der Waals surface area contributed by atoms with Gasteiger partial charge in [-0.25, -0.2) is 0 Å². The Bertz CT molecular complexity index is 1150. The Kier molecular flexibility index (Phi) is 6.87. The number of nitrogens with one attached hydrogen (secondary N) is 2. The van der Waals surface area contributed by atoms with Crippen LogP contribution >= 0.6 is 0 Å². The van der Waals surface area contributed by atoms with E-state index in [9.17, 15) is 4.79 Å². The van der Waals surface area contributed by atoms with Gasteiger partial charge in [0.05, 0.1) is 7.11 Å². The number of quaternary nitrogens is 1. The number of aromatic amines is 1. The molecule has 0 bridgehead atoms. The number of para-hydroxylation sites is 1. The van der Waals surface area contributed by atoms with Crippen molar-refractivity contribution in [2.45, 2.75) is 18.9 Å². The van der Waals surface area contributed by atoms with E-state index in [1.807, 2.05) is 42.5 Å². The van der Waals surface area contributed by atoms with E-state index >= 15 is 0 Å². The lowest BCUT2D eigenvalue weighted by atomic mass is 9.90. The summed E-state index contributed by atoms with van der Waals surface area (Å²) in [6, 6.07) is 26.8. The monoisotopic (exact) mass is 428 g/mol. The van der Waals surface area contributed by atoms with E-state index < -0.39 is 0 Å². The van der Waals surface area contributed by atoms with Crippen LogP contribution in [0.2, 0.25) is 0 Å². The number of H-pyrrole nitrogens is 1. The molecule has 0 spiro atoms. The number of methoxy groups -OCH3 is 1. The third kappa shape index (κ3) is 5.01. The zero-order valence-electron chi connectivity index (χ0n) is 18.5. The molecule has 5 heteroatoms. The third-order valence-corrected chi connectivity index (χ3v) is 6.00. The van der Waals surface area contributed by atoms with Crippen molar-refractivity contribution in [3.8, 4) is 5.75 Å². The van der Waals surface area contributed by atoms with Crippen molar-refractivity contribution in [1.29, 1.82) is 0 Å². The number of aromatic nitrogens is 1. The number of benzene rings is 3. The van der Waals surface area contributed by atoms with Crippen molar-refractivity contribution in [1.82, 2.24) is 10.3 Å². The molecule has 1 heterocycles. The predicted molar refractivity (Wildman–Crippen MR) is 128 cm³/mol. The van der Waals surface area contributed by atoms with Crippen LogP contribution in [-0.2, 0) is 4.79 Å². The number of carbonyl (C=O) groups is 1. The Morgan fingerprint density at radius 2 is 1.69 bits per heavy atom. The van der Waals surface area contributed by atoms with Gasteiger partial charge >= 0.3 is 0 Å². The Morgan fingerprint density at radius 3 is 2.44 bits per heavy atom. The molecule has 0 saturated heterocycles. The van der Waals surface area contributed by atoms with Crippen LogP contribution in [-0.4, -0.2) is 31.1 Å². The lowest BCUT2D eigenvalue weighted by Crippen LogP contribution is -2.87. The summed E-state index contributed by atoms with van der Waals surface area (Å²) in [6.45, 7) is 3.04. The quantitative estimate of drug-likeness (QED) is 0.380. The van der Waals surface area contributed by atoms with Crippen LogP contribution in [0.15, 0.2) is 85.1 Å². The summed E-state index contributed by atoms with van der Waals surface area (Å²) in [5, 5.41) is 6.40. The molecule has 4 rings (SSSR count).